The molecule has 0 bridgehead atoms. The van der Waals surface area contributed by atoms with E-state index < -0.39 is 0 Å². The molecule has 92 valence electrons. The average Bonchev–Trinajstić information content (AvgIpc) is 2.49. The molecule has 1 aromatic heterocycles. The van der Waals surface area contributed by atoms with Gasteiger partial charge in [0.05, 0.1) is 5.52 Å². The number of aromatic nitrogens is 1. The van der Waals surface area contributed by atoms with Crippen LogP contribution in [0.4, 0.5) is 0 Å². The van der Waals surface area contributed by atoms with Crippen molar-refractivity contribution in [2.75, 3.05) is 6.54 Å². The number of nitrogens with two attached hydrogens (primary N) is 1. The standard InChI is InChI=1S/C15H22N2/c1-10-8-11(2)15-14(9-10)13(6-5-7-16)12(3)17(15)4/h8-9H,5-7,16H2,1-4H3. The second-order valence-electron chi connectivity index (χ2n) is 4.99. The Morgan fingerprint density at radius 1 is 1.18 bits per heavy atom. The number of aryl methyl sites for hydroxylation is 4. The van der Waals surface area contributed by atoms with Crippen LogP contribution in [-0.4, -0.2) is 11.1 Å². The van der Waals surface area contributed by atoms with Crippen LogP contribution in [0.25, 0.3) is 10.9 Å². The van der Waals surface area contributed by atoms with Crippen molar-refractivity contribution in [3.8, 4) is 0 Å². The molecule has 2 N–H and O–H groups in total. The van der Waals surface area contributed by atoms with Crippen molar-refractivity contribution in [2.45, 2.75) is 33.6 Å². The van der Waals surface area contributed by atoms with Gasteiger partial charge >= 0.3 is 0 Å². The molecule has 0 atom stereocenters. The highest BCUT2D eigenvalue weighted by Gasteiger charge is 2.13. The first-order chi connectivity index (χ1) is 8.06. The Balaban J connectivity index is 2.70. The summed E-state index contributed by atoms with van der Waals surface area (Å²) in [6.07, 6.45) is 2.15. The highest BCUT2D eigenvalue weighted by atomic mass is 14.9. The molecule has 0 aliphatic carbocycles. The molecule has 0 saturated carbocycles. The minimum absolute atomic E-state index is 0.765. The van der Waals surface area contributed by atoms with Crippen molar-refractivity contribution < 1.29 is 0 Å². The first-order valence-electron chi connectivity index (χ1n) is 6.31. The number of rotatable bonds is 3. The molecule has 0 aliphatic rings. The van der Waals surface area contributed by atoms with Crippen molar-refractivity contribution in [1.29, 1.82) is 0 Å². The molecule has 0 fully saturated rings. The third-order valence-electron chi connectivity index (χ3n) is 3.68. The Hall–Kier alpha value is -1.28. The monoisotopic (exact) mass is 230 g/mol. The van der Waals surface area contributed by atoms with Crippen LogP contribution in [0.3, 0.4) is 0 Å². The first-order valence-corrected chi connectivity index (χ1v) is 6.31. The van der Waals surface area contributed by atoms with Gasteiger partial charge in [-0.05, 0) is 57.4 Å². The van der Waals surface area contributed by atoms with Crippen molar-refractivity contribution in [3.05, 3.63) is 34.5 Å². The van der Waals surface area contributed by atoms with E-state index in [-0.39, 0.29) is 0 Å². The minimum Gasteiger partial charge on any atom is -0.347 e. The molecule has 1 aromatic carbocycles. The Labute approximate surface area is 103 Å². The van der Waals surface area contributed by atoms with Gasteiger partial charge in [0.15, 0.2) is 0 Å². The van der Waals surface area contributed by atoms with Gasteiger partial charge in [-0.3, -0.25) is 0 Å². The fraction of sp³-hybridized carbons (Fsp3) is 0.467. The summed E-state index contributed by atoms with van der Waals surface area (Å²) in [7, 11) is 2.16. The van der Waals surface area contributed by atoms with Crippen LogP contribution in [0.5, 0.6) is 0 Å². The Morgan fingerprint density at radius 3 is 2.53 bits per heavy atom. The van der Waals surface area contributed by atoms with Gasteiger partial charge in [-0.25, -0.2) is 0 Å². The third-order valence-corrected chi connectivity index (χ3v) is 3.68. The maximum Gasteiger partial charge on any atom is 0.0512 e. The first kappa shape index (κ1) is 12.2. The Bertz CT molecular complexity index is 550. The summed E-state index contributed by atoms with van der Waals surface area (Å²) in [6.45, 7) is 7.34. The molecule has 0 saturated heterocycles. The zero-order chi connectivity index (χ0) is 12.6. The Kier molecular flexibility index (Phi) is 3.25. The van der Waals surface area contributed by atoms with Gasteiger partial charge in [0.2, 0.25) is 0 Å². The molecular weight excluding hydrogens is 208 g/mol. The van der Waals surface area contributed by atoms with Gasteiger partial charge < -0.3 is 10.3 Å². The van der Waals surface area contributed by atoms with Gasteiger partial charge in [0.1, 0.15) is 0 Å². The lowest BCUT2D eigenvalue weighted by Gasteiger charge is -2.03. The summed E-state index contributed by atoms with van der Waals surface area (Å²) in [4.78, 5) is 0. The molecule has 0 aliphatic heterocycles. The average molecular weight is 230 g/mol. The topological polar surface area (TPSA) is 30.9 Å². The van der Waals surface area contributed by atoms with Gasteiger partial charge in [0.25, 0.3) is 0 Å². The lowest BCUT2D eigenvalue weighted by atomic mass is 10.0. The van der Waals surface area contributed by atoms with E-state index >= 15 is 0 Å². The summed E-state index contributed by atoms with van der Waals surface area (Å²) >= 11 is 0. The predicted molar refractivity (Wildman–Crippen MR) is 74.5 cm³/mol. The molecule has 0 unspecified atom stereocenters. The van der Waals surface area contributed by atoms with E-state index in [1.54, 1.807) is 0 Å². The number of nitrogens with zero attached hydrogens (tertiary/aromatic N) is 1. The van der Waals surface area contributed by atoms with Gasteiger partial charge in [-0.15, -0.1) is 0 Å². The molecule has 2 rings (SSSR count). The maximum atomic E-state index is 5.63. The van der Waals surface area contributed by atoms with Crippen molar-refractivity contribution in [2.24, 2.45) is 12.8 Å². The summed E-state index contributed by atoms with van der Waals surface area (Å²) in [5.41, 5.74) is 12.6. The SMILES string of the molecule is Cc1cc(C)c2c(c1)c(CCCN)c(C)n2C. The third kappa shape index (κ3) is 1.98. The Morgan fingerprint density at radius 2 is 1.88 bits per heavy atom. The summed E-state index contributed by atoms with van der Waals surface area (Å²) in [5.74, 6) is 0. The number of hydrogen-bond acceptors (Lipinski definition) is 1. The molecule has 2 aromatic rings. The normalized spacial score (nSPS) is 11.4. The molecule has 0 radical (unpaired) electrons. The lowest BCUT2D eigenvalue weighted by molar-refractivity contribution is 0.816. The van der Waals surface area contributed by atoms with E-state index in [0.717, 1.165) is 19.4 Å². The minimum atomic E-state index is 0.765. The molecule has 2 heteroatoms. The van der Waals surface area contributed by atoms with Crippen LogP contribution >= 0.6 is 0 Å². The highest BCUT2D eigenvalue weighted by Crippen LogP contribution is 2.29. The number of hydrogen-bond donors (Lipinski definition) is 1. The fourth-order valence-corrected chi connectivity index (χ4v) is 2.79. The largest absolute Gasteiger partial charge is 0.347 e. The maximum absolute atomic E-state index is 5.63. The quantitative estimate of drug-likeness (QED) is 0.863. The van der Waals surface area contributed by atoms with Gasteiger partial charge in [0, 0.05) is 18.1 Å². The predicted octanol–water partition coefficient (Wildman–Crippen LogP) is 2.99. The molecule has 2 nitrogen and oxygen atoms in total. The van der Waals surface area contributed by atoms with Crippen LogP contribution in [0.15, 0.2) is 12.1 Å². The summed E-state index contributed by atoms with van der Waals surface area (Å²) < 4.78 is 2.32. The van der Waals surface area contributed by atoms with Crippen molar-refractivity contribution in [3.63, 3.8) is 0 Å². The lowest BCUT2D eigenvalue weighted by Crippen LogP contribution is -2.01. The number of benzene rings is 1. The summed E-state index contributed by atoms with van der Waals surface area (Å²) in [6, 6.07) is 4.57. The summed E-state index contributed by atoms with van der Waals surface area (Å²) in [5, 5.41) is 1.41. The van der Waals surface area contributed by atoms with E-state index in [2.05, 4.69) is 44.5 Å². The van der Waals surface area contributed by atoms with E-state index in [4.69, 9.17) is 5.73 Å². The highest BCUT2D eigenvalue weighted by molar-refractivity contribution is 5.88. The van der Waals surface area contributed by atoms with Gasteiger partial charge in [-0.2, -0.15) is 0 Å². The molecule has 0 amide bonds. The van der Waals surface area contributed by atoms with Crippen LogP contribution in [0, 0.1) is 20.8 Å². The van der Waals surface area contributed by atoms with E-state index in [1.165, 1.54) is 33.3 Å². The van der Waals surface area contributed by atoms with Crippen LogP contribution in [-0.2, 0) is 13.5 Å². The zero-order valence-corrected chi connectivity index (χ0v) is 11.3. The van der Waals surface area contributed by atoms with Gasteiger partial charge in [-0.1, -0.05) is 11.6 Å². The molecule has 17 heavy (non-hydrogen) atoms. The van der Waals surface area contributed by atoms with Crippen LogP contribution < -0.4 is 5.73 Å². The fourth-order valence-electron chi connectivity index (χ4n) is 2.79. The van der Waals surface area contributed by atoms with Crippen LogP contribution in [0.2, 0.25) is 0 Å². The van der Waals surface area contributed by atoms with Crippen LogP contribution in [0.1, 0.15) is 28.8 Å². The van der Waals surface area contributed by atoms with E-state index in [0.29, 0.717) is 0 Å². The van der Waals surface area contributed by atoms with Crippen molar-refractivity contribution in [1.82, 2.24) is 4.57 Å². The molecule has 0 spiro atoms. The zero-order valence-electron chi connectivity index (χ0n) is 11.3. The van der Waals surface area contributed by atoms with E-state index in [1.807, 2.05) is 0 Å². The molecule has 1 heterocycles. The smallest absolute Gasteiger partial charge is 0.0512 e. The molecular formula is C15H22N2. The number of fused-ring (bicyclic) bond motifs is 1. The second-order valence-corrected chi connectivity index (χ2v) is 4.99. The van der Waals surface area contributed by atoms with Crippen molar-refractivity contribution >= 4 is 10.9 Å². The second kappa shape index (κ2) is 4.53. The van der Waals surface area contributed by atoms with E-state index in [9.17, 15) is 0 Å².